The monoisotopic (exact) mass is 252 g/mol. The minimum Gasteiger partial charge on any atom is -0.339 e. The van der Waals surface area contributed by atoms with E-state index in [0.717, 1.165) is 32.1 Å². The van der Waals surface area contributed by atoms with Crippen molar-refractivity contribution in [1.29, 1.82) is 0 Å². The van der Waals surface area contributed by atoms with Gasteiger partial charge in [-0.25, -0.2) is 0 Å². The van der Waals surface area contributed by atoms with E-state index in [1.165, 1.54) is 0 Å². The highest BCUT2D eigenvalue weighted by atomic mass is 16.6. The summed E-state index contributed by atoms with van der Waals surface area (Å²) < 4.78 is 6.30. The largest absolute Gasteiger partial charge is 0.339 e. The molecule has 3 rings (SSSR count). The number of ether oxygens (including phenoxy) is 1. The molecule has 0 aromatic carbocycles. The Morgan fingerprint density at radius 2 is 1.61 bits per heavy atom. The van der Waals surface area contributed by atoms with Crippen LogP contribution in [0.2, 0.25) is 0 Å². The van der Waals surface area contributed by atoms with Gasteiger partial charge in [-0.05, 0) is 47.0 Å². The van der Waals surface area contributed by atoms with E-state index in [0.29, 0.717) is 0 Å². The highest BCUT2D eigenvalue weighted by molar-refractivity contribution is 5.88. The van der Waals surface area contributed by atoms with Gasteiger partial charge in [0.05, 0.1) is 0 Å². The molecular weight excluding hydrogens is 228 g/mol. The van der Waals surface area contributed by atoms with Crippen LogP contribution in [0.4, 0.5) is 0 Å². The van der Waals surface area contributed by atoms with Gasteiger partial charge < -0.3 is 15.4 Å². The molecule has 2 N–H and O–H groups in total. The first-order valence-electron chi connectivity index (χ1n) is 6.98. The first-order chi connectivity index (χ1) is 8.16. The van der Waals surface area contributed by atoms with Crippen molar-refractivity contribution >= 4 is 5.91 Å². The molecule has 3 aliphatic rings. The lowest BCUT2D eigenvalue weighted by Gasteiger charge is -2.50. The van der Waals surface area contributed by atoms with Crippen LogP contribution in [-0.4, -0.2) is 28.3 Å². The lowest BCUT2D eigenvalue weighted by atomic mass is 9.72. The Labute approximate surface area is 109 Å². The van der Waals surface area contributed by atoms with E-state index in [1.54, 1.807) is 0 Å². The van der Waals surface area contributed by atoms with E-state index >= 15 is 0 Å². The van der Waals surface area contributed by atoms with Crippen molar-refractivity contribution in [3.63, 3.8) is 0 Å². The molecule has 4 heteroatoms. The Kier molecular flexibility index (Phi) is 2.27. The number of amides is 1. The minimum absolute atomic E-state index is 0.0750. The maximum Gasteiger partial charge on any atom is 0.254 e. The van der Waals surface area contributed by atoms with E-state index in [2.05, 4.69) is 38.3 Å². The Bertz CT molecular complexity index is 381. The van der Waals surface area contributed by atoms with Crippen molar-refractivity contribution in [2.24, 2.45) is 0 Å². The maximum absolute atomic E-state index is 12.5. The average molecular weight is 252 g/mol. The molecule has 0 aromatic rings. The van der Waals surface area contributed by atoms with Crippen molar-refractivity contribution in [2.45, 2.75) is 82.2 Å². The summed E-state index contributed by atoms with van der Waals surface area (Å²) in [4.78, 5) is 12.5. The van der Waals surface area contributed by atoms with Crippen molar-refractivity contribution < 1.29 is 9.53 Å². The molecular formula is C14H24N2O2. The van der Waals surface area contributed by atoms with Crippen LogP contribution in [0.3, 0.4) is 0 Å². The van der Waals surface area contributed by atoms with Crippen LogP contribution in [0.15, 0.2) is 0 Å². The molecule has 1 amide bonds. The van der Waals surface area contributed by atoms with E-state index in [1.807, 2.05) is 0 Å². The van der Waals surface area contributed by atoms with E-state index < -0.39 is 5.60 Å². The van der Waals surface area contributed by atoms with Gasteiger partial charge in [0.25, 0.3) is 5.91 Å². The third-order valence-electron chi connectivity index (χ3n) is 4.44. The van der Waals surface area contributed by atoms with Gasteiger partial charge in [0.15, 0.2) is 5.60 Å². The topological polar surface area (TPSA) is 50.4 Å². The smallest absolute Gasteiger partial charge is 0.254 e. The molecule has 0 aromatic heterocycles. The molecule has 2 spiro atoms. The van der Waals surface area contributed by atoms with Gasteiger partial charge in [0.1, 0.15) is 5.72 Å². The Hall–Kier alpha value is -0.610. The summed E-state index contributed by atoms with van der Waals surface area (Å²) in [5.74, 6) is 0.102. The zero-order valence-corrected chi connectivity index (χ0v) is 11.9. The van der Waals surface area contributed by atoms with Crippen molar-refractivity contribution in [3.05, 3.63) is 0 Å². The number of hydrogen-bond donors (Lipinski definition) is 2. The Morgan fingerprint density at radius 1 is 1.06 bits per heavy atom. The number of carbonyl (C=O) groups is 1. The second-order valence-electron chi connectivity index (χ2n) is 7.64. The molecule has 2 heterocycles. The fourth-order valence-electron chi connectivity index (χ4n) is 4.22. The molecule has 3 fully saturated rings. The van der Waals surface area contributed by atoms with Gasteiger partial charge in [-0.3, -0.25) is 4.79 Å². The first kappa shape index (κ1) is 12.4. The first-order valence-corrected chi connectivity index (χ1v) is 6.98. The third kappa shape index (κ3) is 1.77. The summed E-state index contributed by atoms with van der Waals surface area (Å²) in [7, 11) is 0. The summed E-state index contributed by atoms with van der Waals surface area (Å²) in [6.45, 7) is 8.60. The van der Waals surface area contributed by atoms with Crippen molar-refractivity contribution in [1.82, 2.24) is 10.6 Å². The van der Waals surface area contributed by atoms with Crippen LogP contribution in [0, 0.1) is 0 Å². The summed E-state index contributed by atoms with van der Waals surface area (Å²) in [6, 6.07) is 0. The molecule has 0 bridgehead atoms. The molecule has 18 heavy (non-hydrogen) atoms. The van der Waals surface area contributed by atoms with Crippen LogP contribution in [0.5, 0.6) is 0 Å². The number of rotatable bonds is 0. The summed E-state index contributed by atoms with van der Waals surface area (Å²) in [5.41, 5.74) is -1.11. The summed E-state index contributed by atoms with van der Waals surface area (Å²) in [6.07, 6.45) is 4.58. The van der Waals surface area contributed by atoms with Crippen LogP contribution in [0.25, 0.3) is 0 Å². The zero-order valence-electron chi connectivity index (χ0n) is 11.9. The number of piperidine rings is 1. The molecule has 1 saturated carbocycles. The SMILES string of the molecule is CC1(C)CC2(CC(C)(C)N1)OC1(CCC1)NC2=O. The van der Waals surface area contributed by atoms with Crippen molar-refractivity contribution in [3.8, 4) is 0 Å². The molecule has 0 atom stereocenters. The second kappa shape index (κ2) is 3.28. The van der Waals surface area contributed by atoms with Crippen LogP contribution < -0.4 is 10.6 Å². The van der Waals surface area contributed by atoms with Gasteiger partial charge in [0.2, 0.25) is 0 Å². The molecule has 1 aliphatic carbocycles. The average Bonchev–Trinajstić information content (AvgIpc) is 2.33. The number of carbonyl (C=O) groups excluding carboxylic acids is 1. The molecule has 4 nitrogen and oxygen atoms in total. The van der Waals surface area contributed by atoms with Gasteiger partial charge in [-0.15, -0.1) is 0 Å². The van der Waals surface area contributed by atoms with Gasteiger partial charge in [-0.2, -0.15) is 0 Å². The van der Waals surface area contributed by atoms with E-state index in [4.69, 9.17) is 4.74 Å². The minimum atomic E-state index is -0.626. The normalized spacial score (nSPS) is 34.3. The highest BCUT2D eigenvalue weighted by Gasteiger charge is 2.62. The predicted molar refractivity (Wildman–Crippen MR) is 69.1 cm³/mol. The third-order valence-corrected chi connectivity index (χ3v) is 4.44. The zero-order chi connectivity index (χ0) is 13.2. The lowest BCUT2D eigenvalue weighted by Crippen LogP contribution is -2.65. The maximum atomic E-state index is 12.5. The summed E-state index contributed by atoms with van der Waals surface area (Å²) >= 11 is 0. The number of hydrogen-bond acceptors (Lipinski definition) is 3. The second-order valence-corrected chi connectivity index (χ2v) is 7.64. The predicted octanol–water partition coefficient (Wildman–Crippen LogP) is 1.69. The Morgan fingerprint density at radius 3 is 2.00 bits per heavy atom. The molecule has 2 aliphatic heterocycles. The molecule has 0 unspecified atom stereocenters. The van der Waals surface area contributed by atoms with Crippen LogP contribution in [-0.2, 0) is 9.53 Å². The van der Waals surface area contributed by atoms with Gasteiger partial charge >= 0.3 is 0 Å². The lowest BCUT2D eigenvalue weighted by molar-refractivity contribution is -0.180. The fourth-order valence-corrected chi connectivity index (χ4v) is 4.22. The van der Waals surface area contributed by atoms with Crippen LogP contribution in [0.1, 0.15) is 59.8 Å². The van der Waals surface area contributed by atoms with E-state index in [-0.39, 0.29) is 22.7 Å². The standard InChI is InChI=1S/C14H24N2O2/c1-11(2)8-13(9-12(3,4)16-11)10(17)15-14(18-13)6-5-7-14/h16H,5-9H2,1-4H3,(H,15,17). The van der Waals surface area contributed by atoms with E-state index in [9.17, 15) is 4.79 Å². The highest BCUT2D eigenvalue weighted by Crippen LogP contribution is 2.49. The molecule has 2 saturated heterocycles. The number of nitrogens with one attached hydrogen (secondary N) is 2. The molecule has 102 valence electrons. The Balaban J connectivity index is 1.92. The summed E-state index contributed by atoms with van der Waals surface area (Å²) in [5, 5.41) is 6.72. The van der Waals surface area contributed by atoms with Gasteiger partial charge in [0, 0.05) is 23.9 Å². The quantitative estimate of drug-likeness (QED) is 0.690. The van der Waals surface area contributed by atoms with Gasteiger partial charge in [-0.1, -0.05) is 0 Å². The van der Waals surface area contributed by atoms with Crippen molar-refractivity contribution in [2.75, 3.05) is 0 Å². The van der Waals surface area contributed by atoms with Crippen LogP contribution >= 0.6 is 0 Å². The molecule has 0 radical (unpaired) electrons. The fraction of sp³-hybridized carbons (Fsp3) is 0.929.